The molecule has 0 aliphatic carbocycles. The first-order valence-corrected chi connectivity index (χ1v) is 8.19. The van der Waals surface area contributed by atoms with Crippen molar-refractivity contribution in [1.82, 2.24) is 9.71 Å². The monoisotopic (exact) mass is 310 g/mol. The molecular weight excluding hydrogens is 296 g/mol. The quantitative estimate of drug-likeness (QED) is 0.862. The van der Waals surface area contributed by atoms with Gasteiger partial charge in [0.15, 0.2) is 0 Å². The lowest BCUT2D eigenvalue weighted by Crippen LogP contribution is -2.36. The maximum Gasteiger partial charge on any atom is 0.266 e. The Labute approximate surface area is 115 Å². The van der Waals surface area contributed by atoms with Crippen molar-refractivity contribution in [3.63, 3.8) is 0 Å². The van der Waals surface area contributed by atoms with Gasteiger partial charge in [-0.2, -0.15) is 11.8 Å². The predicted molar refractivity (Wildman–Crippen MR) is 74.9 cm³/mol. The largest absolute Gasteiger partial charge is 0.326 e. The van der Waals surface area contributed by atoms with Gasteiger partial charge in [0.25, 0.3) is 5.56 Å². The highest BCUT2D eigenvalue weighted by Gasteiger charge is 2.21. The molecule has 0 aliphatic heterocycles. The van der Waals surface area contributed by atoms with Crippen LogP contribution in [-0.4, -0.2) is 30.9 Å². The van der Waals surface area contributed by atoms with Gasteiger partial charge in [-0.15, -0.1) is 0 Å². The van der Waals surface area contributed by atoms with Crippen LogP contribution in [0.15, 0.2) is 22.0 Å². The Morgan fingerprint density at radius 1 is 1.50 bits per heavy atom. The third kappa shape index (κ3) is 4.01. The molecule has 0 radical (unpaired) electrons. The molecule has 0 saturated carbocycles. The number of thioether (sulfide) groups is 1. The van der Waals surface area contributed by atoms with Gasteiger partial charge in [-0.3, -0.25) is 4.79 Å². The van der Waals surface area contributed by atoms with Gasteiger partial charge in [-0.05, 0) is 26.2 Å². The average molecular weight is 311 g/mol. The molecule has 8 heteroatoms. The van der Waals surface area contributed by atoms with Crippen molar-refractivity contribution in [2.45, 2.75) is 23.5 Å². The van der Waals surface area contributed by atoms with Crippen molar-refractivity contribution in [3.8, 4) is 0 Å². The van der Waals surface area contributed by atoms with Gasteiger partial charge in [-0.25, -0.2) is 13.1 Å². The second-order valence-corrected chi connectivity index (χ2v) is 7.99. The van der Waals surface area contributed by atoms with Crippen molar-refractivity contribution >= 4 is 33.4 Å². The van der Waals surface area contributed by atoms with Gasteiger partial charge in [0.2, 0.25) is 10.0 Å². The summed E-state index contributed by atoms with van der Waals surface area (Å²) in [6.07, 6.45) is 3.04. The van der Waals surface area contributed by atoms with Crippen LogP contribution in [0.5, 0.6) is 0 Å². The highest BCUT2D eigenvalue weighted by molar-refractivity contribution is 8.00. The lowest BCUT2D eigenvalue weighted by Gasteiger charge is -2.22. The van der Waals surface area contributed by atoms with Crippen LogP contribution in [0.25, 0.3) is 0 Å². The smallest absolute Gasteiger partial charge is 0.266 e. The van der Waals surface area contributed by atoms with E-state index >= 15 is 0 Å². The first-order valence-electron chi connectivity index (χ1n) is 5.11. The fourth-order valence-corrected chi connectivity index (χ4v) is 2.77. The number of pyridine rings is 1. The van der Waals surface area contributed by atoms with E-state index in [1.165, 1.54) is 0 Å². The number of H-pyrrole nitrogens is 1. The molecule has 102 valence electrons. The topological polar surface area (TPSA) is 79.0 Å². The number of halogens is 1. The van der Waals surface area contributed by atoms with Crippen molar-refractivity contribution in [3.05, 3.63) is 27.6 Å². The van der Waals surface area contributed by atoms with Crippen molar-refractivity contribution < 1.29 is 8.42 Å². The molecule has 0 aromatic carbocycles. The van der Waals surface area contributed by atoms with Crippen LogP contribution in [0.4, 0.5) is 0 Å². The Hall–Kier alpha value is -0.500. The molecule has 1 rings (SSSR count). The fourth-order valence-electron chi connectivity index (χ4n) is 1.02. The van der Waals surface area contributed by atoms with E-state index < -0.39 is 15.6 Å². The van der Waals surface area contributed by atoms with Crippen LogP contribution in [0, 0.1) is 0 Å². The lowest BCUT2D eigenvalue weighted by atomic mass is 10.2. The summed E-state index contributed by atoms with van der Waals surface area (Å²) >= 11 is 7.15. The number of sulfonamides is 1. The molecule has 0 unspecified atom stereocenters. The summed E-state index contributed by atoms with van der Waals surface area (Å²) in [6, 6.07) is 1.13. The maximum atomic E-state index is 12.0. The Morgan fingerprint density at radius 2 is 2.11 bits per heavy atom. The Morgan fingerprint density at radius 3 is 2.61 bits per heavy atom. The standard InChI is InChI=1S/C10H15ClN2O3S2/c1-10(2,17-3)6-13-18(15,16)7-4-8(11)9(14)12-5-7/h4-5,13H,6H2,1-3H3,(H,12,14). The van der Waals surface area contributed by atoms with Crippen LogP contribution < -0.4 is 10.3 Å². The average Bonchev–Trinajstić information content (AvgIpc) is 2.30. The second-order valence-electron chi connectivity index (χ2n) is 4.30. The van der Waals surface area contributed by atoms with E-state index in [2.05, 4.69) is 9.71 Å². The van der Waals surface area contributed by atoms with E-state index in [4.69, 9.17) is 11.6 Å². The van der Waals surface area contributed by atoms with Gasteiger partial charge in [0.05, 0.1) is 4.90 Å². The second kappa shape index (κ2) is 5.64. The highest BCUT2D eigenvalue weighted by Crippen LogP contribution is 2.20. The van der Waals surface area contributed by atoms with Crippen molar-refractivity contribution in [1.29, 1.82) is 0 Å². The highest BCUT2D eigenvalue weighted by atomic mass is 35.5. The third-order valence-electron chi connectivity index (χ3n) is 2.38. The third-order valence-corrected chi connectivity index (χ3v) is 5.29. The minimum Gasteiger partial charge on any atom is -0.326 e. The summed E-state index contributed by atoms with van der Waals surface area (Å²) in [5.74, 6) is 0. The van der Waals surface area contributed by atoms with Crippen LogP contribution in [-0.2, 0) is 10.0 Å². The maximum absolute atomic E-state index is 12.0. The van der Waals surface area contributed by atoms with Crippen LogP contribution in [0.3, 0.4) is 0 Å². The molecule has 0 atom stereocenters. The zero-order chi connectivity index (χ0) is 14.0. The number of nitrogens with one attached hydrogen (secondary N) is 2. The zero-order valence-electron chi connectivity index (χ0n) is 10.3. The Bertz CT molecular complexity index is 581. The van der Waals surface area contributed by atoms with Crippen molar-refractivity contribution in [2.24, 2.45) is 0 Å². The number of hydrogen-bond acceptors (Lipinski definition) is 4. The van der Waals surface area contributed by atoms with Gasteiger partial charge >= 0.3 is 0 Å². The molecular formula is C10H15ClN2O3S2. The molecule has 1 aromatic heterocycles. The molecule has 0 spiro atoms. The first kappa shape index (κ1) is 15.6. The SMILES string of the molecule is CSC(C)(C)CNS(=O)(=O)c1c[nH]c(=O)c(Cl)c1. The molecule has 0 bridgehead atoms. The van der Waals surface area contributed by atoms with Gasteiger partial charge in [0, 0.05) is 17.5 Å². The Kier molecular flexibility index (Phi) is 4.88. The number of hydrogen-bond donors (Lipinski definition) is 2. The normalized spacial score (nSPS) is 12.7. The van der Waals surface area contributed by atoms with Crippen LogP contribution in [0.2, 0.25) is 5.02 Å². The van der Waals surface area contributed by atoms with Gasteiger partial charge in [-0.1, -0.05) is 11.6 Å². The first-order chi connectivity index (χ1) is 8.18. The number of rotatable bonds is 5. The molecule has 2 N–H and O–H groups in total. The molecule has 5 nitrogen and oxygen atoms in total. The summed E-state index contributed by atoms with van der Waals surface area (Å²) in [5.41, 5.74) is -0.514. The van der Waals surface area contributed by atoms with E-state index in [0.29, 0.717) is 0 Å². The molecule has 0 aliphatic rings. The van der Waals surface area contributed by atoms with Crippen molar-refractivity contribution in [2.75, 3.05) is 12.8 Å². The minimum absolute atomic E-state index is 0.0518. The van der Waals surface area contributed by atoms with Gasteiger partial charge < -0.3 is 4.98 Å². The summed E-state index contributed by atoms with van der Waals surface area (Å²) in [7, 11) is -3.66. The van der Waals surface area contributed by atoms with E-state index in [0.717, 1.165) is 12.3 Å². The molecule has 0 amide bonds. The van der Waals surface area contributed by atoms with E-state index in [1.54, 1.807) is 11.8 Å². The van der Waals surface area contributed by atoms with Gasteiger partial charge in [0.1, 0.15) is 5.02 Å². The molecule has 1 aromatic rings. The summed E-state index contributed by atoms with van der Waals surface area (Å²) in [6.45, 7) is 4.15. The lowest BCUT2D eigenvalue weighted by molar-refractivity contribution is 0.570. The van der Waals surface area contributed by atoms with E-state index in [9.17, 15) is 13.2 Å². The summed E-state index contributed by atoms with van der Waals surface area (Å²) < 4.78 is 26.2. The summed E-state index contributed by atoms with van der Waals surface area (Å²) in [4.78, 5) is 13.3. The molecule has 1 heterocycles. The zero-order valence-corrected chi connectivity index (χ0v) is 12.7. The molecule has 18 heavy (non-hydrogen) atoms. The minimum atomic E-state index is -3.66. The Balaban J connectivity index is 2.94. The number of aromatic amines is 1. The molecule has 0 fully saturated rings. The molecule has 0 saturated heterocycles. The summed E-state index contributed by atoms with van der Waals surface area (Å²) in [5, 5.41) is -0.151. The van der Waals surface area contributed by atoms with E-state index in [-0.39, 0.29) is 21.2 Å². The van der Waals surface area contributed by atoms with E-state index in [1.807, 2.05) is 20.1 Å². The fraction of sp³-hybridized carbons (Fsp3) is 0.500. The number of aromatic nitrogens is 1. The van der Waals surface area contributed by atoms with Crippen LogP contribution >= 0.6 is 23.4 Å². The predicted octanol–water partition coefficient (Wildman–Crippen LogP) is 1.45. The van der Waals surface area contributed by atoms with Crippen LogP contribution in [0.1, 0.15) is 13.8 Å².